The molecule has 0 bridgehead atoms. The van der Waals surface area contributed by atoms with Crippen molar-refractivity contribution in [1.82, 2.24) is 0 Å². The standard InChI is InChI=1S/C14H20ClFO/c1-17-9-3-2-4-13(11-15)10-12-5-7-14(16)8-6-12/h5-8,13H,2-4,9-11H2,1H3. The Morgan fingerprint density at radius 2 is 1.94 bits per heavy atom. The van der Waals surface area contributed by atoms with Crippen LogP contribution in [0.4, 0.5) is 4.39 Å². The summed E-state index contributed by atoms with van der Waals surface area (Å²) < 4.78 is 17.8. The second kappa shape index (κ2) is 8.48. The Labute approximate surface area is 108 Å². The van der Waals surface area contributed by atoms with Gasteiger partial charge in [0.1, 0.15) is 5.82 Å². The van der Waals surface area contributed by atoms with Gasteiger partial charge in [0, 0.05) is 19.6 Å². The summed E-state index contributed by atoms with van der Waals surface area (Å²) in [7, 11) is 1.72. The van der Waals surface area contributed by atoms with E-state index in [2.05, 4.69) is 0 Å². The molecule has 0 saturated heterocycles. The Bertz CT molecular complexity index is 300. The van der Waals surface area contributed by atoms with Gasteiger partial charge in [-0.15, -0.1) is 11.6 Å². The van der Waals surface area contributed by atoms with Gasteiger partial charge in [0.2, 0.25) is 0 Å². The predicted octanol–water partition coefficient (Wildman–Crippen LogP) is 4.04. The van der Waals surface area contributed by atoms with Gasteiger partial charge in [-0.25, -0.2) is 4.39 Å². The lowest BCUT2D eigenvalue weighted by atomic mass is 9.96. The summed E-state index contributed by atoms with van der Waals surface area (Å²) in [5, 5.41) is 0. The van der Waals surface area contributed by atoms with Gasteiger partial charge in [-0.05, 0) is 42.9 Å². The highest BCUT2D eigenvalue weighted by molar-refractivity contribution is 6.18. The van der Waals surface area contributed by atoms with Gasteiger partial charge in [0.25, 0.3) is 0 Å². The largest absolute Gasteiger partial charge is 0.385 e. The van der Waals surface area contributed by atoms with Crippen molar-refractivity contribution in [2.45, 2.75) is 25.7 Å². The Morgan fingerprint density at radius 3 is 2.53 bits per heavy atom. The van der Waals surface area contributed by atoms with Crippen LogP contribution in [0, 0.1) is 11.7 Å². The minimum atomic E-state index is -0.184. The Kier molecular flexibility index (Phi) is 7.22. The van der Waals surface area contributed by atoms with E-state index in [0.717, 1.165) is 37.9 Å². The molecule has 1 unspecified atom stereocenters. The van der Waals surface area contributed by atoms with E-state index in [1.54, 1.807) is 7.11 Å². The van der Waals surface area contributed by atoms with Crippen molar-refractivity contribution >= 4 is 11.6 Å². The van der Waals surface area contributed by atoms with E-state index >= 15 is 0 Å². The van der Waals surface area contributed by atoms with Crippen molar-refractivity contribution in [3.63, 3.8) is 0 Å². The lowest BCUT2D eigenvalue weighted by Crippen LogP contribution is -2.07. The number of benzene rings is 1. The van der Waals surface area contributed by atoms with E-state index in [1.165, 1.54) is 12.1 Å². The molecule has 0 N–H and O–H groups in total. The van der Waals surface area contributed by atoms with Gasteiger partial charge in [-0.1, -0.05) is 18.6 Å². The van der Waals surface area contributed by atoms with Crippen molar-refractivity contribution in [1.29, 1.82) is 0 Å². The van der Waals surface area contributed by atoms with Gasteiger partial charge in [-0.2, -0.15) is 0 Å². The maximum absolute atomic E-state index is 12.8. The Morgan fingerprint density at radius 1 is 1.24 bits per heavy atom. The van der Waals surface area contributed by atoms with Crippen LogP contribution in [0.15, 0.2) is 24.3 Å². The summed E-state index contributed by atoms with van der Waals surface area (Å²) in [6.45, 7) is 0.811. The third-order valence-electron chi connectivity index (χ3n) is 2.87. The first-order valence-electron chi connectivity index (χ1n) is 6.05. The molecule has 1 rings (SSSR count). The Balaban J connectivity index is 2.33. The number of halogens is 2. The molecule has 0 saturated carbocycles. The first kappa shape index (κ1) is 14.5. The molecule has 0 amide bonds. The second-order valence-corrected chi connectivity index (χ2v) is 4.65. The van der Waals surface area contributed by atoms with E-state index in [0.29, 0.717) is 11.8 Å². The summed E-state index contributed by atoms with van der Waals surface area (Å²) in [6, 6.07) is 6.69. The fourth-order valence-corrected chi connectivity index (χ4v) is 2.13. The topological polar surface area (TPSA) is 9.23 Å². The van der Waals surface area contributed by atoms with Crippen LogP contribution in [0.2, 0.25) is 0 Å². The summed E-state index contributed by atoms with van der Waals surface area (Å²) in [6.07, 6.45) is 4.24. The molecule has 0 aromatic heterocycles. The third kappa shape index (κ3) is 6.04. The van der Waals surface area contributed by atoms with Gasteiger partial charge in [0.05, 0.1) is 0 Å². The zero-order valence-electron chi connectivity index (χ0n) is 10.3. The van der Waals surface area contributed by atoms with Gasteiger partial charge >= 0.3 is 0 Å². The average Bonchev–Trinajstić information content (AvgIpc) is 2.35. The highest BCUT2D eigenvalue weighted by Crippen LogP contribution is 2.17. The molecule has 1 atom stereocenters. The Hall–Kier alpha value is -0.600. The van der Waals surface area contributed by atoms with Crippen LogP contribution in [-0.4, -0.2) is 19.6 Å². The molecular weight excluding hydrogens is 239 g/mol. The van der Waals surface area contributed by atoms with Crippen LogP contribution >= 0.6 is 11.6 Å². The predicted molar refractivity (Wildman–Crippen MR) is 70.0 cm³/mol. The molecule has 0 heterocycles. The highest BCUT2D eigenvalue weighted by atomic mass is 35.5. The number of hydrogen-bond acceptors (Lipinski definition) is 1. The van der Waals surface area contributed by atoms with Crippen molar-refractivity contribution in [3.05, 3.63) is 35.6 Å². The zero-order chi connectivity index (χ0) is 12.5. The van der Waals surface area contributed by atoms with Crippen molar-refractivity contribution in [3.8, 4) is 0 Å². The van der Waals surface area contributed by atoms with Gasteiger partial charge < -0.3 is 4.74 Å². The van der Waals surface area contributed by atoms with Crippen LogP contribution in [0.1, 0.15) is 24.8 Å². The van der Waals surface area contributed by atoms with Gasteiger partial charge in [0.15, 0.2) is 0 Å². The van der Waals surface area contributed by atoms with E-state index in [9.17, 15) is 4.39 Å². The molecule has 0 aliphatic carbocycles. The first-order valence-corrected chi connectivity index (χ1v) is 6.59. The number of ether oxygens (including phenoxy) is 1. The van der Waals surface area contributed by atoms with E-state index < -0.39 is 0 Å². The monoisotopic (exact) mass is 258 g/mol. The quantitative estimate of drug-likeness (QED) is 0.505. The molecule has 1 aromatic carbocycles. The van der Waals surface area contributed by atoms with Crippen LogP contribution in [-0.2, 0) is 11.2 Å². The zero-order valence-corrected chi connectivity index (χ0v) is 11.0. The number of methoxy groups -OCH3 is 1. The van der Waals surface area contributed by atoms with Crippen LogP contribution in [0.25, 0.3) is 0 Å². The fourth-order valence-electron chi connectivity index (χ4n) is 1.87. The second-order valence-electron chi connectivity index (χ2n) is 4.34. The van der Waals surface area contributed by atoms with Crippen LogP contribution in [0.3, 0.4) is 0 Å². The first-order chi connectivity index (χ1) is 8.26. The van der Waals surface area contributed by atoms with Gasteiger partial charge in [-0.3, -0.25) is 0 Å². The van der Waals surface area contributed by atoms with E-state index in [-0.39, 0.29) is 5.82 Å². The molecule has 3 heteroatoms. The van der Waals surface area contributed by atoms with Crippen LogP contribution < -0.4 is 0 Å². The minimum absolute atomic E-state index is 0.184. The number of alkyl halides is 1. The summed E-state index contributed by atoms with van der Waals surface area (Å²) >= 11 is 5.96. The lowest BCUT2D eigenvalue weighted by molar-refractivity contribution is 0.190. The molecule has 1 aromatic rings. The molecule has 0 aliphatic heterocycles. The number of hydrogen-bond donors (Lipinski definition) is 0. The third-order valence-corrected chi connectivity index (χ3v) is 3.30. The molecule has 0 fully saturated rings. The summed E-state index contributed by atoms with van der Waals surface area (Å²) in [5.74, 6) is 0.944. The minimum Gasteiger partial charge on any atom is -0.385 e. The smallest absolute Gasteiger partial charge is 0.123 e. The average molecular weight is 259 g/mol. The lowest BCUT2D eigenvalue weighted by Gasteiger charge is -2.13. The molecule has 1 nitrogen and oxygen atoms in total. The summed E-state index contributed by atoms with van der Waals surface area (Å²) in [4.78, 5) is 0. The fraction of sp³-hybridized carbons (Fsp3) is 0.571. The maximum Gasteiger partial charge on any atom is 0.123 e. The number of unbranched alkanes of at least 4 members (excludes halogenated alkanes) is 1. The molecule has 0 aliphatic rings. The van der Waals surface area contributed by atoms with Crippen LogP contribution in [0.5, 0.6) is 0 Å². The highest BCUT2D eigenvalue weighted by Gasteiger charge is 2.08. The van der Waals surface area contributed by atoms with E-state index in [4.69, 9.17) is 16.3 Å². The number of rotatable bonds is 8. The molecule has 0 spiro atoms. The summed E-state index contributed by atoms with van der Waals surface area (Å²) in [5.41, 5.74) is 1.16. The SMILES string of the molecule is COCCCCC(CCl)Cc1ccc(F)cc1. The molecular formula is C14H20ClFO. The normalized spacial score (nSPS) is 12.6. The maximum atomic E-state index is 12.8. The molecule has 96 valence electrons. The molecule has 0 radical (unpaired) electrons. The van der Waals surface area contributed by atoms with E-state index in [1.807, 2.05) is 12.1 Å². The molecule has 17 heavy (non-hydrogen) atoms. The van der Waals surface area contributed by atoms with Crippen molar-refractivity contribution in [2.24, 2.45) is 5.92 Å². The van der Waals surface area contributed by atoms with Crippen molar-refractivity contribution < 1.29 is 9.13 Å². The van der Waals surface area contributed by atoms with Crippen molar-refractivity contribution in [2.75, 3.05) is 19.6 Å².